The normalized spacial score (nSPS) is 22.6. The summed E-state index contributed by atoms with van der Waals surface area (Å²) in [5.41, 5.74) is -0.197. The minimum Gasteiger partial charge on any atom is -0.490 e. The van der Waals surface area contributed by atoms with E-state index >= 15 is 0 Å². The van der Waals surface area contributed by atoms with E-state index in [-0.39, 0.29) is 37.4 Å². The van der Waals surface area contributed by atoms with Crippen LogP contribution < -0.4 is 0 Å². The number of carbonyl (C=O) groups is 1. The van der Waals surface area contributed by atoms with Gasteiger partial charge in [0.2, 0.25) is 0 Å². The van der Waals surface area contributed by atoms with Gasteiger partial charge in [0.1, 0.15) is 18.5 Å². The number of thiophene rings is 2. The summed E-state index contributed by atoms with van der Waals surface area (Å²) in [5.74, 6) is -0.853. The lowest BCUT2D eigenvalue weighted by molar-refractivity contribution is -0.168. The van der Waals surface area contributed by atoms with Crippen LogP contribution in [-0.2, 0) is 27.3 Å². The molecule has 2 aromatic heterocycles. The number of benzene rings is 2. The molecule has 0 saturated carbocycles. The van der Waals surface area contributed by atoms with Crippen molar-refractivity contribution in [2.24, 2.45) is 0 Å². The summed E-state index contributed by atoms with van der Waals surface area (Å²) in [7, 11) is 0. The molecule has 2 heterocycles. The van der Waals surface area contributed by atoms with E-state index in [4.69, 9.17) is 9.47 Å². The zero-order chi connectivity index (χ0) is 24.6. The van der Waals surface area contributed by atoms with Gasteiger partial charge in [0, 0.05) is 27.8 Å². The standard InChI is InChI=1S/C27H26O6S2/c1-2-32-26(30)27(31)14-21(28)24(29)25(33-15-17-4-6-23-19(12-17)8-10-35-23)20(27)13-16-3-5-22-18(11-16)7-9-34-22/h3-12,21,24,28-29,31H,2,13-15H2,1H3/t21-,24+,27-/m1/s1. The molecular weight excluding hydrogens is 484 g/mol. The first kappa shape index (κ1) is 24.0. The number of carbonyl (C=O) groups excluding carboxylic acids is 1. The largest absolute Gasteiger partial charge is 0.490 e. The Labute approximate surface area is 210 Å². The number of rotatable bonds is 7. The number of hydrogen-bond acceptors (Lipinski definition) is 8. The quantitative estimate of drug-likeness (QED) is 0.316. The molecule has 0 radical (unpaired) electrons. The van der Waals surface area contributed by atoms with Crippen molar-refractivity contribution in [1.29, 1.82) is 0 Å². The topological polar surface area (TPSA) is 96.2 Å². The first-order valence-corrected chi connectivity index (χ1v) is 13.2. The van der Waals surface area contributed by atoms with Crippen LogP contribution in [0.4, 0.5) is 0 Å². The van der Waals surface area contributed by atoms with Gasteiger partial charge in [-0.1, -0.05) is 12.1 Å². The van der Waals surface area contributed by atoms with Crippen LogP contribution in [0.1, 0.15) is 24.5 Å². The van der Waals surface area contributed by atoms with Crippen molar-refractivity contribution in [2.75, 3.05) is 6.61 Å². The Morgan fingerprint density at radius 1 is 1.00 bits per heavy atom. The number of ether oxygens (including phenoxy) is 2. The molecule has 8 heteroatoms. The molecule has 5 rings (SSSR count). The summed E-state index contributed by atoms with van der Waals surface area (Å²) in [4.78, 5) is 12.9. The van der Waals surface area contributed by atoms with Crippen LogP contribution in [-0.4, -0.2) is 45.7 Å². The molecule has 0 spiro atoms. The number of aliphatic hydroxyl groups is 3. The molecule has 6 nitrogen and oxygen atoms in total. The molecule has 1 aliphatic carbocycles. The molecule has 0 bridgehead atoms. The van der Waals surface area contributed by atoms with Crippen LogP contribution in [0, 0.1) is 0 Å². The average molecular weight is 511 g/mol. The monoisotopic (exact) mass is 510 g/mol. The Balaban J connectivity index is 1.54. The van der Waals surface area contributed by atoms with E-state index in [9.17, 15) is 20.1 Å². The van der Waals surface area contributed by atoms with Crippen LogP contribution >= 0.6 is 22.7 Å². The fraction of sp³-hybridized carbons (Fsp3) is 0.296. The van der Waals surface area contributed by atoms with Crippen LogP contribution in [0.2, 0.25) is 0 Å². The molecule has 4 aromatic rings. The number of fused-ring (bicyclic) bond motifs is 2. The number of aliphatic hydroxyl groups excluding tert-OH is 2. The van der Waals surface area contributed by atoms with E-state index in [1.54, 1.807) is 29.6 Å². The smallest absolute Gasteiger partial charge is 0.342 e. The molecule has 0 aliphatic heterocycles. The molecular formula is C27H26O6S2. The van der Waals surface area contributed by atoms with Gasteiger partial charge in [0.15, 0.2) is 5.60 Å². The minimum atomic E-state index is -2.12. The maximum atomic E-state index is 12.9. The summed E-state index contributed by atoms with van der Waals surface area (Å²) in [6, 6.07) is 15.9. The Morgan fingerprint density at radius 3 is 2.29 bits per heavy atom. The van der Waals surface area contributed by atoms with E-state index in [2.05, 4.69) is 0 Å². The molecule has 3 N–H and O–H groups in total. The molecule has 3 atom stereocenters. The maximum Gasteiger partial charge on any atom is 0.342 e. The van der Waals surface area contributed by atoms with E-state index in [0.717, 1.165) is 31.3 Å². The summed E-state index contributed by atoms with van der Waals surface area (Å²) in [6.07, 6.45) is -2.99. The van der Waals surface area contributed by atoms with E-state index < -0.39 is 23.8 Å². The van der Waals surface area contributed by atoms with E-state index in [1.807, 2.05) is 59.3 Å². The van der Waals surface area contributed by atoms with Crippen LogP contribution in [0.5, 0.6) is 0 Å². The third kappa shape index (κ3) is 4.60. The first-order chi connectivity index (χ1) is 16.9. The number of esters is 1. The molecule has 0 amide bonds. The number of hydrogen-bond donors (Lipinski definition) is 3. The molecule has 182 valence electrons. The minimum absolute atomic E-state index is 0.00938. The fourth-order valence-electron chi connectivity index (χ4n) is 4.55. The third-order valence-electron chi connectivity index (χ3n) is 6.36. The molecule has 35 heavy (non-hydrogen) atoms. The predicted molar refractivity (Wildman–Crippen MR) is 137 cm³/mol. The Kier molecular flexibility index (Phi) is 6.65. The predicted octanol–water partition coefficient (Wildman–Crippen LogP) is 4.55. The highest BCUT2D eigenvalue weighted by molar-refractivity contribution is 7.17. The van der Waals surface area contributed by atoms with Gasteiger partial charge in [0.05, 0.1) is 12.7 Å². The zero-order valence-corrected chi connectivity index (χ0v) is 20.8. The Hall–Kier alpha value is -2.75. The van der Waals surface area contributed by atoms with Crippen molar-refractivity contribution in [3.63, 3.8) is 0 Å². The highest BCUT2D eigenvalue weighted by Gasteiger charge is 2.51. The van der Waals surface area contributed by atoms with Gasteiger partial charge in [0.25, 0.3) is 0 Å². The SMILES string of the molecule is CCOC(=O)[C@@]1(O)C[C@@H](O)[C@H](O)C(OCc2ccc3sccc3c2)=C1Cc1ccc2sccc2c1. The zero-order valence-electron chi connectivity index (χ0n) is 19.1. The second-order valence-electron chi connectivity index (χ2n) is 8.69. The van der Waals surface area contributed by atoms with Crippen molar-refractivity contribution in [3.8, 4) is 0 Å². The van der Waals surface area contributed by atoms with Gasteiger partial charge in [-0.15, -0.1) is 22.7 Å². The van der Waals surface area contributed by atoms with Gasteiger partial charge < -0.3 is 24.8 Å². The van der Waals surface area contributed by atoms with E-state index in [0.29, 0.717) is 0 Å². The van der Waals surface area contributed by atoms with Crippen molar-refractivity contribution < 1.29 is 29.6 Å². The van der Waals surface area contributed by atoms with E-state index in [1.165, 1.54) is 0 Å². The van der Waals surface area contributed by atoms with Crippen LogP contribution in [0.15, 0.2) is 70.6 Å². The lowest BCUT2D eigenvalue weighted by atomic mass is 9.76. The van der Waals surface area contributed by atoms with Gasteiger partial charge in [-0.2, -0.15) is 0 Å². The highest BCUT2D eigenvalue weighted by Crippen LogP contribution is 2.39. The molecule has 1 aliphatic rings. The van der Waals surface area contributed by atoms with Gasteiger partial charge >= 0.3 is 5.97 Å². The molecule has 0 saturated heterocycles. The van der Waals surface area contributed by atoms with Gasteiger partial charge in [-0.05, 0) is 76.0 Å². The average Bonchev–Trinajstić information content (AvgIpc) is 3.51. The lowest BCUT2D eigenvalue weighted by Gasteiger charge is -2.39. The second-order valence-corrected chi connectivity index (χ2v) is 10.6. The Morgan fingerprint density at radius 2 is 1.63 bits per heavy atom. The van der Waals surface area contributed by atoms with Crippen molar-refractivity contribution in [3.05, 3.63) is 81.8 Å². The molecule has 0 unspecified atom stereocenters. The first-order valence-electron chi connectivity index (χ1n) is 11.4. The van der Waals surface area contributed by atoms with Gasteiger partial charge in [-0.3, -0.25) is 0 Å². The summed E-state index contributed by atoms with van der Waals surface area (Å²) >= 11 is 3.28. The summed E-state index contributed by atoms with van der Waals surface area (Å²) < 4.78 is 13.5. The fourth-order valence-corrected chi connectivity index (χ4v) is 6.10. The van der Waals surface area contributed by atoms with Gasteiger partial charge in [-0.25, -0.2) is 4.79 Å². The van der Waals surface area contributed by atoms with Crippen LogP contribution in [0.3, 0.4) is 0 Å². The van der Waals surface area contributed by atoms with Crippen molar-refractivity contribution in [2.45, 2.75) is 44.2 Å². The van der Waals surface area contributed by atoms with Crippen LogP contribution in [0.25, 0.3) is 20.2 Å². The highest BCUT2D eigenvalue weighted by atomic mass is 32.1. The molecule has 0 fully saturated rings. The summed E-state index contributed by atoms with van der Waals surface area (Å²) in [6.45, 7) is 1.84. The summed E-state index contributed by atoms with van der Waals surface area (Å²) in [5, 5.41) is 39.2. The lowest BCUT2D eigenvalue weighted by Crippen LogP contribution is -2.53. The van der Waals surface area contributed by atoms with Crippen molar-refractivity contribution in [1.82, 2.24) is 0 Å². The van der Waals surface area contributed by atoms with Crippen molar-refractivity contribution >= 4 is 48.8 Å². The molecule has 2 aromatic carbocycles. The second kappa shape index (κ2) is 9.72. The maximum absolute atomic E-state index is 12.9. The third-order valence-corrected chi connectivity index (χ3v) is 8.15. The Bertz CT molecular complexity index is 1400.